The Balaban J connectivity index is 2.01. The molecule has 2 atom stereocenters. The fourth-order valence-corrected chi connectivity index (χ4v) is 2.36. The Labute approximate surface area is 103 Å². The first-order valence-corrected chi connectivity index (χ1v) is 6.28. The van der Waals surface area contributed by atoms with E-state index in [2.05, 4.69) is 17.6 Å². The number of anilines is 1. The summed E-state index contributed by atoms with van der Waals surface area (Å²) in [6.45, 7) is 5.13. The van der Waals surface area contributed by atoms with E-state index in [4.69, 9.17) is 0 Å². The van der Waals surface area contributed by atoms with Crippen LogP contribution in [0.1, 0.15) is 25.3 Å². The molecule has 2 rings (SSSR count). The molecule has 1 amide bonds. The van der Waals surface area contributed by atoms with Crippen molar-refractivity contribution in [2.45, 2.75) is 32.7 Å². The third-order valence-corrected chi connectivity index (χ3v) is 3.38. The molecule has 1 aliphatic rings. The minimum atomic E-state index is 0.0873. The van der Waals surface area contributed by atoms with Crippen molar-refractivity contribution in [3.05, 3.63) is 29.8 Å². The molecule has 92 valence electrons. The molecule has 1 saturated heterocycles. The number of carbonyl (C=O) groups is 1. The first kappa shape index (κ1) is 12.1. The van der Waals surface area contributed by atoms with Gasteiger partial charge in [-0.3, -0.25) is 4.79 Å². The number of hydrogen-bond donors (Lipinski definition) is 2. The van der Waals surface area contributed by atoms with Gasteiger partial charge in [0.25, 0.3) is 0 Å². The summed E-state index contributed by atoms with van der Waals surface area (Å²) in [7, 11) is 0. The molecule has 0 bridgehead atoms. The third-order valence-electron chi connectivity index (χ3n) is 3.38. The lowest BCUT2D eigenvalue weighted by Gasteiger charge is -2.28. The van der Waals surface area contributed by atoms with Crippen LogP contribution < -0.4 is 10.6 Å². The van der Waals surface area contributed by atoms with Crippen molar-refractivity contribution in [2.75, 3.05) is 11.9 Å². The molecule has 3 heteroatoms. The van der Waals surface area contributed by atoms with Crippen molar-refractivity contribution in [1.82, 2.24) is 5.32 Å². The Hall–Kier alpha value is -1.35. The number of carbonyl (C=O) groups excluding carboxylic acids is 1. The topological polar surface area (TPSA) is 41.1 Å². The first-order valence-electron chi connectivity index (χ1n) is 6.28. The van der Waals surface area contributed by atoms with Crippen molar-refractivity contribution < 1.29 is 4.79 Å². The van der Waals surface area contributed by atoms with Gasteiger partial charge >= 0.3 is 0 Å². The van der Waals surface area contributed by atoms with Gasteiger partial charge in [0, 0.05) is 11.7 Å². The zero-order valence-corrected chi connectivity index (χ0v) is 10.5. The monoisotopic (exact) mass is 232 g/mol. The number of piperidine rings is 1. The summed E-state index contributed by atoms with van der Waals surface area (Å²) in [6.07, 6.45) is 2.06. The lowest BCUT2D eigenvalue weighted by Crippen LogP contribution is -2.44. The van der Waals surface area contributed by atoms with Gasteiger partial charge in [0.15, 0.2) is 0 Å². The summed E-state index contributed by atoms with van der Waals surface area (Å²) in [5.74, 6) is 0.222. The molecule has 0 spiro atoms. The molecule has 3 nitrogen and oxygen atoms in total. The Morgan fingerprint density at radius 2 is 2.29 bits per heavy atom. The highest BCUT2D eigenvalue weighted by molar-refractivity contribution is 5.93. The molecule has 0 aliphatic carbocycles. The minimum Gasteiger partial charge on any atom is -0.326 e. The van der Waals surface area contributed by atoms with E-state index >= 15 is 0 Å². The quantitative estimate of drug-likeness (QED) is 0.821. The fraction of sp³-hybridized carbons (Fsp3) is 0.500. The van der Waals surface area contributed by atoms with Gasteiger partial charge in [0.05, 0.1) is 5.92 Å². The maximum Gasteiger partial charge on any atom is 0.229 e. The highest BCUT2D eigenvalue weighted by Crippen LogP contribution is 2.19. The predicted octanol–water partition coefficient (Wildman–Crippen LogP) is 2.32. The van der Waals surface area contributed by atoms with E-state index in [-0.39, 0.29) is 17.9 Å². The normalized spacial score (nSPS) is 24.4. The maximum atomic E-state index is 12.1. The minimum absolute atomic E-state index is 0.0873. The van der Waals surface area contributed by atoms with E-state index in [0.29, 0.717) is 0 Å². The van der Waals surface area contributed by atoms with E-state index in [1.807, 2.05) is 31.2 Å². The highest BCUT2D eigenvalue weighted by Gasteiger charge is 2.27. The first-order chi connectivity index (χ1) is 8.16. The molecule has 0 saturated carbocycles. The fourth-order valence-electron chi connectivity index (χ4n) is 2.36. The van der Waals surface area contributed by atoms with E-state index in [0.717, 1.165) is 30.6 Å². The van der Waals surface area contributed by atoms with Crippen LogP contribution in [0.5, 0.6) is 0 Å². The third kappa shape index (κ3) is 3.07. The highest BCUT2D eigenvalue weighted by atomic mass is 16.1. The van der Waals surface area contributed by atoms with Crippen LogP contribution in [0.2, 0.25) is 0 Å². The Morgan fingerprint density at radius 3 is 3.00 bits per heavy atom. The molecular formula is C14H20N2O. The van der Waals surface area contributed by atoms with Crippen LogP contribution in [0.3, 0.4) is 0 Å². The summed E-state index contributed by atoms with van der Waals surface area (Å²) in [4.78, 5) is 12.1. The molecule has 0 radical (unpaired) electrons. The van der Waals surface area contributed by atoms with Crippen LogP contribution in [0.15, 0.2) is 24.3 Å². The van der Waals surface area contributed by atoms with Crippen molar-refractivity contribution in [3.8, 4) is 0 Å². The lowest BCUT2D eigenvalue weighted by atomic mass is 9.91. The number of aryl methyl sites for hydroxylation is 1. The molecule has 17 heavy (non-hydrogen) atoms. The lowest BCUT2D eigenvalue weighted by molar-refractivity contribution is -0.121. The Morgan fingerprint density at radius 1 is 1.47 bits per heavy atom. The van der Waals surface area contributed by atoms with Crippen LogP contribution >= 0.6 is 0 Å². The van der Waals surface area contributed by atoms with Crippen molar-refractivity contribution >= 4 is 11.6 Å². The van der Waals surface area contributed by atoms with Gasteiger partial charge in [0.2, 0.25) is 5.91 Å². The van der Waals surface area contributed by atoms with Gasteiger partial charge in [-0.15, -0.1) is 0 Å². The van der Waals surface area contributed by atoms with Gasteiger partial charge in [-0.25, -0.2) is 0 Å². The molecule has 0 aromatic heterocycles. The van der Waals surface area contributed by atoms with E-state index in [1.54, 1.807) is 0 Å². The second-order valence-electron chi connectivity index (χ2n) is 4.85. The summed E-state index contributed by atoms with van der Waals surface area (Å²) in [5, 5.41) is 6.35. The largest absolute Gasteiger partial charge is 0.326 e. The van der Waals surface area contributed by atoms with Crippen molar-refractivity contribution in [3.63, 3.8) is 0 Å². The van der Waals surface area contributed by atoms with E-state index < -0.39 is 0 Å². The van der Waals surface area contributed by atoms with Crippen LogP contribution in [-0.2, 0) is 4.79 Å². The molecule has 1 aromatic rings. The molecular weight excluding hydrogens is 212 g/mol. The molecule has 1 heterocycles. The van der Waals surface area contributed by atoms with Crippen LogP contribution in [0.25, 0.3) is 0 Å². The second-order valence-corrected chi connectivity index (χ2v) is 4.85. The average molecular weight is 232 g/mol. The molecule has 1 fully saturated rings. The molecule has 2 N–H and O–H groups in total. The molecule has 1 aliphatic heterocycles. The zero-order valence-electron chi connectivity index (χ0n) is 10.5. The summed E-state index contributed by atoms with van der Waals surface area (Å²) >= 11 is 0. The summed E-state index contributed by atoms with van der Waals surface area (Å²) in [6, 6.07) is 8.20. The van der Waals surface area contributed by atoms with Gasteiger partial charge in [0.1, 0.15) is 0 Å². The summed E-state index contributed by atoms with van der Waals surface area (Å²) < 4.78 is 0. The Bertz CT molecular complexity index is 403. The SMILES string of the molecule is Cc1cccc(NC(=O)C2CCCNC2C)c1. The van der Waals surface area contributed by atoms with Crippen LogP contribution in [-0.4, -0.2) is 18.5 Å². The van der Waals surface area contributed by atoms with Crippen molar-refractivity contribution in [2.24, 2.45) is 5.92 Å². The zero-order chi connectivity index (χ0) is 12.3. The average Bonchev–Trinajstić information content (AvgIpc) is 2.29. The van der Waals surface area contributed by atoms with E-state index in [9.17, 15) is 4.79 Å². The molecule has 1 aromatic carbocycles. The summed E-state index contributed by atoms with van der Waals surface area (Å²) in [5.41, 5.74) is 2.06. The number of amides is 1. The predicted molar refractivity (Wildman–Crippen MR) is 70.0 cm³/mol. The van der Waals surface area contributed by atoms with Crippen LogP contribution in [0, 0.1) is 12.8 Å². The van der Waals surface area contributed by atoms with E-state index in [1.165, 1.54) is 0 Å². The number of nitrogens with one attached hydrogen (secondary N) is 2. The smallest absolute Gasteiger partial charge is 0.229 e. The van der Waals surface area contributed by atoms with Gasteiger partial charge in [-0.2, -0.15) is 0 Å². The molecule has 2 unspecified atom stereocenters. The Kier molecular flexibility index (Phi) is 3.79. The maximum absolute atomic E-state index is 12.1. The number of benzene rings is 1. The number of hydrogen-bond acceptors (Lipinski definition) is 2. The van der Waals surface area contributed by atoms with Crippen molar-refractivity contribution in [1.29, 1.82) is 0 Å². The van der Waals surface area contributed by atoms with Gasteiger partial charge in [-0.1, -0.05) is 12.1 Å². The standard InChI is InChI=1S/C14H20N2O/c1-10-5-3-6-12(9-10)16-14(17)13-7-4-8-15-11(13)2/h3,5-6,9,11,13,15H,4,7-8H2,1-2H3,(H,16,17). The van der Waals surface area contributed by atoms with Gasteiger partial charge in [-0.05, 0) is 50.9 Å². The van der Waals surface area contributed by atoms with Crippen LogP contribution in [0.4, 0.5) is 5.69 Å². The second kappa shape index (κ2) is 5.32. The number of rotatable bonds is 2. The van der Waals surface area contributed by atoms with Gasteiger partial charge < -0.3 is 10.6 Å².